The molecule has 1 aliphatic heterocycles. The van der Waals surface area contributed by atoms with Crippen LogP contribution in [0.1, 0.15) is 10.4 Å². The Hall–Kier alpha value is -3.73. The van der Waals surface area contributed by atoms with Gasteiger partial charge in [0.2, 0.25) is 0 Å². The van der Waals surface area contributed by atoms with Crippen LogP contribution in [-0.4, -0.2) is 80.6 Å². The maximum absolute atomic E-state index is 12.4. The summed E-state index contributed by atoms with van der Waals surface area (Å²) in [6.07, 6.45) is -3.37. The van der Waals surface area contributed by atoms with Crippen LogP contribution in [0.25, 0.3) is 5.65 Å². The minimum Gasteiger partial charge on any atom is -0.483 e. The van der Waals surface area contributed by atoms with E-state index in [4.69, 9.17) is 31.4 Å². The van der Waals surface area contributed by atoms with Crippen LogP contribution in [0.5, 0.6) is 0 Å². The number of nitrogens with one attached hydrogen (secondary N) is 1. The predicted molar refractivity (Wildman–Crippen MR) is 131 cm³/mol. The van der Waals surface area contributed by atoms with Crippen molar-refractivity contribution in [3.63, 3.8) is 0 Å². The third-order valence-corrected chi connectivity index (χ3v) is 5.52. The van der Waals surface area contributed by atoms with E-state index in [-0.39, 0.29) is 12.4 Å². The molecule has 1 fully saturated rings. The topological polar surface area (TPSA) is 137 Å². The minimum atomic E-state index is -5.08. The molecular weight excluding hydrogens is 584 g/mol. The fourth-order valence-corrected chi connectivity index (χ4v) is 3.85. The highest BCUT2D eigenvalue weighted by molar-refractivity contribution is 7.99. The van der Waals surface area contributed by atoms with Crippen LogP contribution in [0, 0.1) is 0 Å². The Morgan fingerprint density at radius 2 is 1.64 bits per heavy atom. The summed E-state index contributed by atoms with van der Waals surface area (Å²) >= 11 is 8.02. The van der Waals surface area contributed by atoms with Gasteiger partial charge in [-0.2, -0.15) is 38.1 Å². The highest BCUT2D eigenvalue weighted by Gasteiger charge is 2.38. The van der Waals surface area contributed by atoms with Crippen molar-refractivity contribution >= 4 is 59.0 Å². The van der Waals surface area contributed by atoms with Gasteiger partial charge in [0.25, 0.3) is 12.4 Å². The highest BCUT2D eigenvalue weighted by atomic mass is 35.5. The molecule has 1 aromatic carbocycles. The summed E-state index contributed by atoms with van der Waals surface area (Å²) in [4.78, 5) is 36.3. The number of rotatable bonds is 3. The zero-order valence-corrected chi connectivity index (χ0v) is 21.1. The van der Waals surface area contributed by atoms with Crippen molar-refractivity contribution in [3.8, 4) is 0 Å². The highest BCUT2D eigenvalue weighted by Crippen LogP contribution is 2.20. The van der Waals surface area contributed by atoms with E-state index in [1.807, 2.05) is 23.9 Å². The molecule has 1 amide bonds. The van der Waals surface area contributed by atoms with Gasteiger partial charge in [0.15, 0.2) is 11.5 Å². The second-order valence-electron chi connectivity index (χ2n) is 6.81. The molecule has 0 bridgehead atoms. The number of benzene rings is 1. The van der Waals surface area contributed by atoms with E-state index in [9.17, 15) is 31.1 Å². The predicted octanol–water partition coefficient (Wildman–Crippen LogP) is 4.70. The Labute approximate surface area is 225 Å². The number of carbonyl (C=O) groups is 3. The van der Waals surface area contributed by atoms with E-state index in [1.54, 1.807) is 35.0 Å². The average molecular weight is 604 g/mol. The fourth-order valence-electron chi connectivity index (χ4n) is 2.72. The first-order valence-electron chi connectivity index (χ1n) is 10.3. The number of aromatic nitrogens is 3. The molecule has 3 aromatic rings. The van der Waals surface area contributed by atoms with E-state index < -0.39 is 18.8 Å². The Morgan fingerprint density at radius 3 is 2.15 bits per heavy atom. The van der Waals surface area contributed by atoms with Crippen LogP contribution < -0.4 is 10.2 Å². The summed E-state index contributed by atoms with van der Waals surface area (Å²) in [7, 11) is 0. The molecule has 0 aliphatic carbocycles. The van der Waals surface area contributed by atoms with Crippen LogP contribution in [0.4, 0.5) is 38.0 Å². The van der Waals surface area contributed by atoms with Gasteiger partial charge >= 0.3 is 18.8 Å². The molecule has 1 aliphatic rings. The molecule has 3 N–H and O–H groups in total. The summed E-state index contributed by atoms with van der Waals surface area (Å²) in [5, 5.41) is 21.8. The molecule has 18 heteroatoms. The number of alkyl halides is 6. The number of anilines is 2. The third-order valence-electron chi connectivity index (χ3n) is 4.24. The van der Waals surface area contributed by atoms with Gasteiger partial charge in [-0.25, -0.2) is 14.3 Å². The molecule has 39 heavy (non-hydrogen) atoms. The smallest absolute Gasteiger partial charge is 0.483 e. The van der Waals surface area contributed by atoms with Crippen molar-refractivity contribution in [2.75, 3.05) is 34.8 Å². The van der Waals surface area contributed by atoms with Crippen molar-refractivity contribution < 1.29 is 50.9 Å². The van der Waals surface area contributed by atoms with Crippen LogP contribution in [0.15, 0.2) is 42.6 Å². The maximum Gasteiger partial charge on any atom is 0.490 e. The van der Waals surface area contributed by atoms with Crippen molar-refractivity contribution in [3.05, 3.63) is 53.2 Å². The Balaban J connectivity index is 0.000000454. The van der Waals surface area contributed by atoms with Gasteiger partial charge in [-0.1, -0.05) is 23.7 Å². The van der Waals surface area contributed by atoms with Crippen molar-refractivity contribution in [2.24, 2.45) is 0 Å². The molecule has 0 atom stereocenters. The van der Waals surface area contributed by atoms with E-state index in [0.29, 0.717) is 22.1 Å². The van der Waals surface area contributed by atoms with E-state index in [0.717, 1.165) is 30.4 Å². The molecule has 10 nitrogen and oxygen atoms in total. The molecule has 4 rings (SSSR count). The molecule has 214 valence electrons. The number of amides is 1. The van der Waals surface area contributed by atoms with Crippen molar-refractivity contribution in [2.45, 2.75) is 12.9 Å². The number of nitrogens with zero attached hydrogens (tertiary/aromatic N) is 4. The lowest BCUT2D eigenvalue weighted by Crippen LogP contribution is -2.33. The van der Waals surface area contributed by atoms with Crippen molar-refractivity contribution in [1.29, 1.82) is 0 Å². The first-order chi connectivity index (χ1) is 18.3. The maximum atomic E-state index is 12.4. The molecule has 2 aromatic heterocycles. The summed E-state index contributed by atoms with van der Waals surface area (Å²) < 4.78 is 62.4. The van der Waals surface area contributed by atoms with Crippen LogP contribution in [-0.2, 0) is 9.59 Å². The van der Waals surface area contributed by atoms with Gasteiger partial charge in [0, 0.05) is 24.6 Å². The quantitative estimate of drug-likeness (QED) is 0.287. The summed E-state index contributed by atoms with van der Waals surface area (Å²) in [6.45, 7) is -1.93. The molecular formula is C21H20ClF6N5O5S. The van der Waals surface area contributed by atoms with Gasteiger partial charge in [0.1, 0.15) is 5.82 Å². The lowest BCUT2D eigenvalue weighted by Gasteiger charge is -2.27. The largest absolute Gasteiger partial charge is 0.490 e. The van der Waals surface area contributed by atoms with Gasteiger partial charge in [-0.05, 0) is 24.3 Å². The number of halogens is 7. The summed E-state index contributed by atoms with van der Waals surface area (Å²) in [5.74, 6) is 0.554. The van der Waals surface area contributed by atoms with Crippen molar-refractivity contribution in [1.82, 2.24) is 14.6 Å². The zero-order chi connectivity index (χ0) is 29.6. The number of hydrogen-bond donors (Lipinski definition) is 3. The van der Waals surface area contributed by atoms with Crippen LogP contribution in [0.3, 0.4) is 0 Å². The SMILES string of the molecule is FC(F)F.O=C(Nc1cn2nc(N3CCSCC3)ccc2n1)c1ccccc1Cl.O=C(O)C(F)(F)F.O=CO. The molecule has 1 saturated heterocycles. The van der Waals surface area contributed by atoms with Gasteiger partial charge < -0.3 is 20.4 Å². The number of fused-ring (bicyclic) bond motifs is 1. The Kier molecular flexibility index (Phi) is 13.9. The first-order valence-corrected chi connectivity index (χ1v) is 11.9. The molecule has 3 heterocycles. The number of thioether (sulfide) groups is 1. The number of carboxylic acids is 1. The number of hydrogen-bond acceptors (Lipinski definition) is 7. The summed E-state index contributed by atoms with van der Waals surface area (Å²) in [5.41, 5.74) is 1.10. The number of aliphatic carboxylic acids is 1. The number of carboxylic acid groups (broad SMARTS) is 2. The van der Waals surface area contributed by atoms with E-state index in [1.165, 1.54) is 0 Å². The van der Waals surface area contributed by atoms with Gasteiger partial charge in [-0.3, -0.25) is 9.59 Å². The average Bonchev–Trinajstić information content (AvgIpc) is 3.26. The second kappa shape index (κ2) is 16.3. The number of imidazole rings is 1. The molecule has 0 radical (unpaired) electrons. The lowest BCUT2D eigenvalue weighted by molar-refractivity contribution is -0.192. The Morgan fingerprint density at radius 1 is 1.10 bits per heavy atom. The molecule has 0 spiro atoms. The van der Waals surface area contributed by atoms with E-state index in [2.05, 4.69) is 20.3 Å². The number of carbonyl (C=O) groups excluding carboxylic acids is 1. The van der Waals surface area contributed by atoms with Crippen LogP contribution >= 0.6 is 23.4 Å². The minimum absolute atomic E-state index is 0.250. The monoisotopic (exact) mass is 603 g/mol. The second-order valence-corrected chi connectivity index (χ2v) is 8.44. The third kappa shape index (κ3) is 12.1. The first kappa shape index (κ1) is 33.3. The normalized spacial score (nSPS) is 12.7. The lowest BCUT2D eigenvalue weighted by atomic mass is 10.2. The standard InChI is InChI=1S/C17H16ClN5OS.C2HF3O2.CHF3.CH2O2/c18-13-4-2-1-3-12(13)17(24)20-14-11-23-15(19-14)5-6-16(21-23)22-7-9-25-10-8-22;3-2(4,5)1(6)7;2-1(3)4;2-1-3/h1-6,11H,7-10H2,(H,20,24);(H,6,7);1H;1H,(H,2,3). The zero-order valence-electron chi connectivity index (χ0n) is 19.5. The Bertz CT molecular complexity index is 1220. The summed E-state index contributed by atoms with van der Waals surface area (Å²) in [6, 6.07) is 10.8. The fraction of sp³-hybridized carbons (Fsp3) is 0.286. The molecule has 0 unspecified atom stereocenters. The van der Waals surface area contributed by atoms with E-state index >= 15 is 0 Å². The molecule has 0 saturated carbocycles. The van der Waals surface area contributed by atoms with Gasteiger partial charge in [0.05, 0.1) is 16.8 Å². The van der Waals surface area contributed by atoms with Crippen LogP contribution in [0.2, 0.25) is 5.02 Å². The van der Waals surface area contributed by atoms with Gasteiger partial charge in [-0.15, -0.1) is 5.10 Å².